The van der Waals surface area contributed by atoms with Crippen molar-refractivity contribution in [2.75, 3.05) is 0 Å². The van der Waals surface area contributed by atoms with E-state index in [0.717, 1.165) is 20.6 Å². The van der Waals surface area contributed by atoms with Crippen molar-refractivity contribution < 1.29 is 14.7 Å². The van der Waals surface area contributed by atoms with Crippen LogP contribution in [0.3, 0.4) is 0 Å². The average Bonchev–Trinajstić information content (AvgIpc) is 3.02. The van der Waals surface area contributed by atoms with Crippen LogP contribution in [0.15, 0.2) is 170 Å². The molecule has 0 unspecified atom stereocenters. The summed E-state index contributed by atoms with van der Waals surface area (Å²) >= 11 is 1.62. The van der Waals surface area contributed by atoms with Crippen molar-refractivity contribution in [3.63, 3.8) is 0 Å². The van der Waals surface area contributed by atoms with Gasteiger partial charge in [0.25, 0.3) is 0 Å². The molecule has 0 aliphatic heterocycles. The normalized spacial score (nSPS) is 11.0. The lowest BCUT2D eigenvalue weighted by Crippen LogP contribution is -2.10. The van der Waals surface area contributed by atoms with Gasteiger partial charge in [-0.2, -0.15) is 0 Å². The number of carboxylic acids is 1. The molecule has 0 saturated heterocycles. The molecule has 5 heteroatoms. The number of carbonyl (C=O) groups excluding carboxylic acids is 1. The third kappa shape index (κ3) is 5.82. The molecule has 3 nitrogen and oxygen atoms in total. The van der Waals surface area contributed by atoms with Crippen molar-refractivity contribution >= 4 is 45.2 Å². The van der Waals surface area contributed by atoms with E-state index in [4.69, 9.17) is 0 Å². The lowest BCUT2D eigenvalue weighted by Gasteiger charge is -2.10. The van der Waals surface area contributed by atoms with Gasteiger partial charge in [-0.3, -0.25) is 4.79 Å². The third-order valence-corrected chi connectivity index (χ3v) is 9.98. The molecule has 198 valence electrons. The van der Waals surface area contributed by atoms with E-state index in [9.17, 15) is 14.7 Å². The van der Waals surface area contributed by atoms with Crippen LogP contribution in [0.1, 0.15) is 26.3 Å². The van der Waals surface area contributed by atoms with Crippen molar-refractivity contribution in [3.05, 3.63) is 162 Å². The van der Waals surface area contributed by atoms with Gasteiger partial charge >= 0.3 is 5.97 Å². The molecule has 41 heavy (non-hydrogen) atoms. The Balaban J connectivity index is 1.22. The Morgan fingerprint density at radius 2 is 0.951 bits per heavy atom. The van der Waals surface area contributed by atoms with Crippen LogP contribution in [-0.2, 0) is 10.9 Å². The summed E-state index contributed by atoms with van der Waals surface area (Å²) in [4.78, 5) is 31.2. The number of carboxylic acid groups (broad SMARTS) is 1. The van der Waals surface area contributed by atoms with E-state index in [0.29, 0.717) is 5.56 Å². The lowest BCUT2D eigenvalue weighted by molar-refractivity contribution is 0.0693. The maximum Gasteiger partial charge on any atom is 0.336 e. The maximum atomic E-state index is 13.4. The van der Waals surface area contributed by atoms with Crippen molar-refractivity contribution in [1.82, 2.24) is 0 Å². The number of ketones is 1. The van der Waals surface area contributed by atoms with Gasteiger partial charge in [-0.05, 0) is 95.7 Å². The summed E-state index contributed by atoms with van der Waals surface area (Å²) in [6.45, 7) is 0. The Morgan fingerprint density at radius 1 is 0.512 bits per heavy atom. The third-order valence-electron chi connectivity index (χ3n) is 6.73. The Kier molecular flexibility index (Phi) is 7.72. The quantitative estimate of drug-likeness (QED) is 0.147. The van der Waals surface area contributed by atoms with E-state index in [1.807, 2.05) is 48.5 Å². The predicted molar refractivity (Wildman–Crippen MR) is 166 cm³/mol. The smallest absolute Gasteiger partial charge is 0.336 e. The van der Waals surface area contributed by atoms with Crippen LogP contribution in [0, 0.1) is 0 Å². The highest BCUT2D eigenvalue weighted by Crippen LogP contribution is 2.34. The number of benzene rings is 6. The van der Waals surface area contributed by atoms with Crippen LogP contribution in [0.25, 0.3) is 10.8 Å². The summed E-state index contributed by atoms with van der Waals surface area (Å²) < 4.78 is 0. The van der Waals surface area contributed by atoms with E-state index in [2.05, 4.69) is 72.8 Å². The van der Waals surface area contributed by atoms with E-state index in [-0.39, 0.29) is 27.8 Å². The van der Waals surface area contributed by atoms with E-state index < -0.39 is 5.97 Å². The van der Waals surface area contributed by atoms with E-state index in [1.54, 1.807) is 36.0 Å². The van der Waals surface area contributed by atoms with Gasteiger partial charge in [0.1, 0.15) is 0 Å². The first kappa shape index (κ1) is 26.6. The zero-order valence-corrected chi connectivity index (χ0v) is 23.6. The molecule has 6 aromatic carbocycles. The van der Waals surface area contributed by atoms with Crippen LogP contribution in [0.2, 0.25) is 0 Å². The molecule has 0 bridgehead atoms. The molecule has 0 saturated carbocycles. The Hall–Kier alpha value is -4.58. The second-order valence-corrected chi connectivity index (χ2v) is 12.6. The van der Waals surface area contributed by atoms with Crippen LogP contribution in [-0.4, -0.2) is 16.9 Å². The number of hydrogen-bond donors (Lipinski definition) is 1. The number of fused-ring (bicyclic) bond motifs is 1. The summed E-state index contributed by atoms with van der Waals surface area (Å²) in [6, 6.07) is 47.8. The fraction of sp³-hybridized carbons (Fsp3) is 0. The predicted octanol–water partition coefficient (Wildman–Crippen LogP) is 9.02. The van der Waals surface area contributed by atoms with Gasteiger partial charge in [-0.15, -0.1) is 0 Å². The highest BCUT2D eigenvalue weighted by Gasteiger charge is 2.28. The summed E-state index contributed by atoms with van der Waals surface area (Å²) in [6.07, 6.45) is 0. The molecular formula is C36H25O3S2+. The van der Waals surface area contributed by atoms with Gasteiger partial charge in [0, 0.05) is 20.9 Å². The molecule has 6 rings (SSSR count). The minimum absolute atomic E-state index is 0.0114. The molecule has 0 fully saturated rings. The summed E-state index contributed by atoms with van der Waals surface area (Å²) in [5.41, 5.74) is 0.661. The molecule has 0 aliphatic carbocycles. The zero-order valence-electron chi connectivity index (χ0n) is 21.9. The van der Waals surface area contributed by atoms with Crippen LogP contribution in [0.5, 0.6) is 0 Å². The summed E-state index contributed by atoms with van der Waals surface area (Å²) in [5.74, 6) is -1.42. The zero-order chi connectivity index (χ0) is 28.2. The van der Waals surface area contributed by atoms with Gasteiger partial charge in [0.15, 0.2) is 20.5 Å². The average molecular weight is 570 g/mol. The molecule has 0 aliphatic rings. The summed E-state index contributed by atoms with van der Waals surface area (Å²) in [7, 11) is -0.199. The van der Waals surface area contributed by atoms with E-state index >= 15 is 0 Å². The molecule has 0 atom stereocenters. The van der Waals surface area contributed by atoms with Crippen molar-refractivity contribution in [2.24, 2.45) is 0 Å². The molecule has 0 aromatic heterocycles. The minimum atomic E-state index is -1.11. The topological polar surface area (TPSA) is 54.4 Å². The first-order valence-corrected chi connectivity index (χ1v) is 15.1. The lowest BCUT2D eigenvalue weighted by atomic mass is 9.95. The number of carbonyl (C=O) groups is 2. The van der Waals surface area contributed by atoms with Gasteiger partial charge in [0.2, 0.25) is 0 Å². The molecule has 0 heterocycles. The van der Waals surface area contributed by atoms with Crippen molar-refractivity contribution in [3.8, 4) is 0 Å². The first-order chi connectivity index (χ1) is 20.1. The van der Waals surface area contributed by atoms with Gasteiger partial charge in [0.05, 0.1) is 16.5 Å². The second-order valence-electron chi connectivity index (χ2n) is 9.41. The van der Waals surface area contributed by atoms with Gasteiger partial charge in [-0.1, -0.05) is 72.4 Å². The van der Waals surface area contributed by atoms with Crippen molar-refractivity contribution in [1.29, 1.82) is 0 Å². The highest BCUT2D eigenvalue weighted by atomic mass is 32.2. The van der Waals surface area contributed by atoms with Gasteiger partial charge < -0.3 is 5.11 Å². The van der Waals surface area contributed by atoms with Crippen LogP contribution in [0.4, 0.5) is 0 Å². The minimum Gasteiger partial charge on any atom is -0.478 e. The van der Waals surface area contributed by atoms with Gasteiger partial charge in [-0.25, -0.2) is 4.79 Å². The highest BCUT2D eigenvalue weighted by molar-refractivity contribution is 7.99. The Morgan fingerprint density at radius 3 is 1.46 bits per heavy atom. The fourth-order valence-corrected chi connectivity index (χ4v) is 7.64. The monoisotopic (exact) mass is 569 g/mol. The largest absolute Gasteiger partial charge is 0.478 e. The molecule has 0 spiro atoms. The fourth-order valence-electron chi connectivity index (χ4n) is 4.74. The van der Waals surface area contributed by atoms with Crippen LogP contribution < -0.4 is 0 Å². The SMILES string of the molecule is O=C(O)c1cc2ccccc2cc1C(=O)c1ccc(Sc2ccc([S+](c3ccccc3)c3ccccc3)cc2)cc1. The number of hydrogen-bond acceptors (Lipinski definition) is 3. The standard InChI is InChI=1S/C36H24O3S2/c37-35(33-23-26-9-7-8-10-27(26)24-34(33)36(38)39)25-15-17-28(18-16-25)40-29-19-21-32(22-20-29)41(30-11-3-1-4-12-30)31-13-5-2-6-14-31/h1-24H/p+1. The van der Waals surface area contributed by atoms with Crippen molar-refractivity contribution in [2.45, 2.75) is 24.5 Å². The molecule has 0 radical (unpaired) electrons. The first-order valence-electron chi connectivity index (χ1n) is 13.1. The summed E-state index contributed by atoms with van der Waals surface area (Å²) in [5, 5.41) is 11.4. The molecular weight excluding hydrogens is 545 g/mol. The Bertz CT molecular complexity index is 1790. The Labute approximate surface area is 245 Å². The number of rotatable bonds is 8. The maximum absolute atomic E-state index is 13.4. The van der Waals surface area contributed by atoms with E-state index in [1.165, 1.54) is 14.7 Å². The van der Waals surface area contributed by atoms with Crippen LogP contribution >= 0.6 is 11.8 Å². The number of aromatic carboxylic acids is 1. The molecule has 1 N–H and O–H groups in total. The second kappa shape index (κ2) is 11.9. The molecule has 0 amide bonds. The molecule has 6 aromatic rings.